The highest BCUT2D eigenvalue weighted by molar-refractivity contribution is 4.88. The van der Waals surface area contributed by atoms with Crippen LogP contribution in [0, 0.1) is 0 Å². The van der Waals surface area contributed by atoms with Crippen LogP contribution in [-0.2, 0) is 0 Å². The Morgan fingerprint density at radius 1 is 1.50 bits per heavy atom. The summed E-state index contributed by atoms with van der Waals surface area (Å²) in [4.78, 5) is 4.81. The fourth-order valence-electron chi connectivity index (χ4n) is 2.77. The van der Waals surface area contributed by atoms with Gasteiger partial charge in [0.15, 0.2) is 0 Å². The second kappa shape index (κ2) is 7.43. The van der Waals surface area contributed by atoms with Crippen molar-refractivity contribution >= 4 is 0 Å². The lowest BCUT2D eigenvalue weighted by Crippen LogP contribution is -2.57. The van der Waals surface area contributed by atoms with Gasteiger partial charge in [0, 0.05) is 19.1 Å². The van der Waals surface area contributed by atoms with Crippen LogP contribution in [0.15, 0.2) is 0 Å². The SMILES string of the molecule is CCCNC(C)(CO)CN(C)C1CCCN(C)C1. The molecule has 0 aromatic rings. The summed E-state index contributed by atoms with van der Waals surface area (Å²) in [7, 11) is 4.38. The molecule has 0 amide bonds. The Labute approximate surface area is 112 Å². The molecule has 1 heterocycles. The van der Waals surface area contributed by atoms with Crippen LogP contribution in [0.3, 0.4) is 0 Å². The van der Waals surface area contributed by atoms with E-state index in [-0.39, 0.29) is 12.1 Å². The molecule has 4 heteroatoms. The second-order valence-corrected chi connectivity index (χ2v) is 6.12. The summed E-state index contributed by atoms with van der Waals surface area (Å²) in [6, 6.07) is 0.623. The van der Waals surface area contributed by atoms with Crippen molar-refractivity contribution in [2.45, 2.75) is 44.7 Å². The normalized spacial score (nSPS) is 25.3. The Bertz CT molecular complexity index is 237. The van der Waals surface area contributed by atoms with E-state index >= 15 is 0 Å². The van der Waals surface area contributed by atoms with E-state index in [9.17, 15) is 5.11 Å². The van der Waals surface area contributed by atoms with Crippen LogP contribution >= 0.6 is 0 Å². The fraction of sp³-hybridized carbons (Fsp3) is 1.00. The van der Waals surface area contributed by atoms with E-state index in [4.69, 9.17) is 0 Å². The first-order valence-electron chi connectivity index (χ1n) is 7.25. The lowest BCUT2D eigenvalue weighted by Gasteiger charge is -2.40. The molecule has 0 spiro atoms. The van der Waals surface area contributed by atoms with Gasteiger partial charge in [-0.1, -0.05) is 6.92 Å². The molecule has 1 fully saturated rings. The summed E-state index contributed by atoms with van der Waals surface area (Å²) < 4.78 is 0. The number of aliphatic hydroxyl groups excluding tert-OH is 1. The smallest absolute Gasteiger partial charge is 0.0623 e. The third-order valence-electron chi connectivity index (χ3n) is 3.97. The van der Waals surface area contributed by atoms with Crippen molar-refractivity contribution in [3.8, 4) is 0 Å². The van der Waals surface area contributed by atoms with Gasteiger partial charge >= 0.3 is 0 Å². The molecule has 1 aliphatic rings. The lowest BCUT2D eigenvalue weighted by atomic mass is 9.99. The lowest BCUT2D eigenvalue weighted by molar-refractivity contribution is 0.0804. The minimum Gasteiger partial charge on any atom is -0.394 e. The highest BCUT2D eigenvalue weighted by Gasteiger charge is 2.28. The van der Waals surface area contributed by atoms with E-state index in [1.54, 1.807) is 0 Å². The summed E-state index contributed by atoms with van der Waals surface area (Å²) in [6.45, 7) is 8.70. The molecule has 0 aromatic heterocycles. The number of nitrogens with one attached hydrogen (secondary N) is 1. The van der Waals surface area contributed by atoms with Gasteiger partial charge in [-0.05, 0) is 53.4 Å². The number of hydrogen-bond donors (Lipinski definition) is 2. The van der Waals surface area contributed by atoms with Gasteiger partial charge in [-0.2, -0.15) is 0 Å². The van der Waals surface area contributed by atoms with E-state index in [2.05, 4.69) is 43.1 Å². The Kier molecular flexibility index (Phi) is 6.57. The zero-order valence-corrected chi connectivity index (χ0v) is 12.6. The molecule has 0 saturated carbocycles. The first-order chi connectivity index (χ1) is 8.50. The summed E-state index contributed by atoms with van der Waals surface area (Å²) in [5, 5.41) is 13.1. The summed E-state index contributed by atoms with van der Waals surface area (Å²) >= 11 is 0. The molecule has 2 unspecified atom stereocenters. The average Bonchev–Trinajstić information content (AvgIpc) is 2.36. The molecular weight excluding hydrogens is 226 g/mol. The number of piperidine rings is 1. The average molecular weight is 257 g/mol. The standard InChI is InChI=1S/C14H31N3O/c1-5-8-15-14(2,12-18)11-17(4)13-7-6-9-16(3)10-13/h13,15,18H,5-12H2,1-4H3. The van der Waals surface area contributed by atoms with Crippen molar-refractivity contribution in [1.82, 2.24) is 15.1 Å². The summed E-state index contributed by atoms with van der Waals surface area (Å²) in [5.41, 5.74) is -0.180. The molecule has 2 N–H and O–H groups in total. The van der Waals surface area contributed by atoms with E-state index in [1.165, 1.54) is 19.4 Å². The molecule has 0 aliphatic carbocycles. The Balaban J connectivity index is 2.47. The quantitative estimate of drug-likeness (QED) is 0.706. The van der Waals surface area contributed by atoms with E-state index < -0.39 is 0 Å². The summed E-state index contributed by atoms with van der Waals surface area (Å²) in [6.07, 6.45) is 3.66. The monoisotopic (exact) mass is 257 g/mol. The molecular formula is C14H31N3O. The molecule has 1 saturated heterocycles. The molecule has 0 radical (unpaired) electrons. The Hall–Kier alpha value is -0.160. The van der Waals surface area contributed by atoms with Crippen LogP contribution in [-0.4, -0.2) is 73.4 Å². The van der Waals surface area contributed by atoms with Gasteiger partial charge in [0.1, 0.15) is 0 Å². The number of aliphatic hydroxyl groups is 1. The molecule has 18 heavy (non-hydrogen) atoms. The van der Waals surface area contributed by atoms with Crippen molar-refractivity contribution in [2.24, 2.45) is 0 Å². The molecule has 0 aromatic carbocycles. The minimum atomic E-state index is -0.180. The van der Waals surface area contributed by atoms with Crippen molar-refractivity contribution in [3.05, 3.63) is 0 Å². The van der Waals surface area contributed by atoms with Gasteiger partial charge in [0.25, 0.3) is 0 Å². The van der Waals surface area contributed by atoms with Crippen molar-refractivity contribution < 1.29 is 5.11 Å². The predicted molar refractivity (Wildman–Crippen MR) is 76.9 cm³/mol. The zero-order valence-electron chi connectivity index (χ0n) is 12.6. The molecule has 1 aliphatic heterocycles. The molecule has 2 atom stereocenters. The predicted octanol–water partition coefficient (Wildman–Crippen LogP) is 0.763. The molecule has 0 bridgehead atoms. The van der Waals surface area contributed by atoms with Crippen LogP contribution in [0.1, 0.15) is 33.1 Å². The van der Waals surface area contributed by atoms with Gasteiger partial charge in [-0.15, -0.1) is 0 Å². The van der Waals surface area contributed by atoms with Gasteiger partial charge in [0.05, 0.1) is 12.1 Å². The molecule has 108 valence electrons. The highest BCUT2D eigenvalue weighted by atomic mass is 16.3. The minimum absolute atomic E-state index is 0.180. The Morgan fingerprint density at radius 3 is 2.78 bits per heavy atom. The maximum absolute atomic E-state index is 9.61. The maximum atomic E-state index is 9.61. The van der Waals surface area contributed by atoms with Crippen LogP contribution in [0.4, 0.5) is 0 Å². The van der Waals surface area contributed by atoms with Gasteiger partial charge in [0.2, 0.25) is 0 Å². The van der Waals surface area contributed by atoms with Gasteiger partial charge in [-0.25, -0.2) is 0 Å². The van der Waals surface area contributed by atoms with Gasteiger partial charge in [-0.3, -0.25) is 0 Å². The third kappa shape index (κ3) is 4.84. The van der Waals surface area contributed by atoms with Crippen LogP contribution in [0.5, 0.6) is 0 Å². The number of nitrogens with zero attached hydrogens (tertiary/aromatic N) is 2. The molecule has 4 nitrogen and oxygen atoms in total. The maximum Gasteiger partial charge on any atom is 0.0623 e. The topological polar surface area (TPSA) is 38.7 Å². The van der Waals surface area contributed by atoms with Crippen molar-refractivity contribution in [2.75, 3.05) is 46.9 Å². The van der Waals surface area contributed by atoms with Gasteiger partial charge < -0.3 is 20.2 Å². The first kappa shape index (κ1) is 15.9. The first-order valence-corrected chi connectivity index (χ1v) is 7.25. The van der Waals surface area contributed by atoms with E-state index in [0.29, 0.717) is 6.04 Å². The van der Waals surface area contributed by atoms with E-state index in [1.807, 2.05) is 0 Å². The molecule has 1 rings (SSSR count). The van der Waals surface area contributed by atoms with Crippen LogP contribution < -0.4 is 5.32 Å². The third-order valence-corrected chi connectivity index (χ3v) is 3.97. The van der Waals surface area contributed by atoms with E-state index in [0.717, 1.165) is 26.1 Å². The number of rotatable bonds is 7. The summed E-state index contributed by atoms with van der Waals surface area (Å²) in [5.74, 6) is 0. The largest absolute Gasteiger partial charge is 0.394 e. The second-order valence-electron chi connectivity index (χ2n) is 6.12. The van der Waals surface area contributed by atoms with Crippen LogP contribution in [0.2, 0.25) is 0 Å². The van der Waals surface area contributed by atoms with Crippen LogP contribution in [0.25, 0.3) is 0 Å². The highest BCUT2D eigenvalue weighted by Crippen LogP contribution is 2.16. The fourth-order valence-corrected chi connectivity index (χ4v) is 2.77. The Morgan fingerprint density at radius 2 is 2.22 bits per heavy atom. The number of likely N-dealkylation sites (N-methyl/N-ethyl adjacent to an activating group) is 2. The number of likely N-dealkylation sites (tertiary alicyclic amines) is 1. The zero-order chi connectivity index (χ0) is 13.6. The number of hydrogen-bond acceptors (Lipinski definition) is 4. The van der Waals surface area contributed by atoms with Crippen molar-refractivity contribution in [3.63, 3.8) is 0 Å². The van der Waals surface area contributed by atoms with Crippen molar-refractivity contribution in [1.29, 1.82) is 0 Å².